The Kier molecular flexibility index (Phi) is 4.57. The van der Waals surface area contributed by atoms with Crippen molar-refractivity contribution in [2.75, 3.05) is 12.0 Å². The third kappa shape index (κ3) is 4.46. The molecular weight excluding hydrogens is 288 g/mol. The summed E-state index contributed by atoms with van der Waals surface area (Å²) in [5.74, 6) is -2.01. The van der Waals surface area contributed by atoms with Crippen LogP contribution in [0.15, 0.2) is 18.2 Å². The first-order chi connectivity index (χ1) is 8.52. The van der Waals surface area contributed by atoms with Crippen LogP contribution in [-0.2, 0) is 16.0 Å². The van der Waals surface area contributed by atoms with Gasteiger partial charge in [0.1, 0.15) is 15.7 Å². The molecule has 0 aliphatic carbocycles. The van der Waals surface area contributed by atoms with E-state index in [9.17, 15) is 31.1 Å². The molecule has 1 rings (SSSR count). The van der Waals surface area contributed by atoms with Gasteiger partial charge in [-0.2, -0.15) is 13.2 Å². The molecule has 0 amide bonds. The monoisotopic (exact) mass is 300 g/mol. The lowest BCUT2D eigenvalue weighted by Gasteiger charge is -2.15. The lowest BCUT2D eigenvalue weighted by molar-refractivity contribution is -0.140. The van der Waals surface area contributed by atoms with E-state index in [1.807, 2.05) is 0 Å². The maximum atomic E-state index is 13.6. The first-order valence-electron chi connectivity index (χ1n) is 5.24. The van der Waals surface area contributed by atoms with Crippen LogP contribution in [0.1, 0.15) is 23.7 Å². The Labute approximate surface area is 107 Å². The van der Waals surface area contributed by atoms with Crippen LogP contribution >= 0.6 is 0 Å². The molecule has 0 aliphatic heterocycles. The van der Waals surface area contributed by atoms with Crippen molar-refractivity contribution in [3.8, 4) is 0 Å². The first-order valence-corrected chi connectivity index (χ1v) is 7.30. The van der Waals surface area contributed by atoms with Gasteiger partial charge in [0, 0.05) is 11.8 Å². The number of benzene rings is 1. The summed E-state index contributed by atoms with van der Waals surface area (Å²) in [5, 5.41) is 9.58. The Balaban J connectivity index is 3.02. The van der Waals surface area contributed by atoms with E-state index in [0.717, 1.165) is 18.4 Å². The molecule has 1 atom stereocenters. The summed E-state index contributed by atoms with van der Waals surface area (Å²) in [4.78, 5) is 0. The minimum Gasteiger partial charge on any atom is -0.388 e. The second-order valence-electron chi connectivity index (χ2n) is 4.14. The van der Waals surface area contributed by atoms with Gasteiger partial charge < -0.3 is 5.11 Å². The Morgan fingerprint density at radius 3 is 2.37 bits per heavy atom. The first kappa shape index (κ1) is 15.9. The van der Waals surface area contributed by atoms with Crippen molar-refractivity contribution < 1.29 is 31.1 Å². The van der Waals surface area contributed by atoms with Crippen LogP contribution in [0.4, 0.5) is 17.6 Å². The van der Waals surface area contributed by atoms with Crippen LogP contribution in [0.3, 0.4) is 0 Å². The highest BCUT2D eigenvalue weighted by Crippen LogP contribution is 2.34. The van der Waals surface area contributed by atoms with Gasteiger partial charge >= 0.3 is 6.18 Å². The maximum Gasteiger partial charge on any atom is 0.419 e. The SMILES string of the molecule is CS(=O)(=O)CCC(O)c1cccc(C(F)(F)F)c1F. The van der Waals surface area contributed by atoms with Crippen molar-refractivity contribution in [3.05, 3.63) is 35.1 Å². The van der Waals surface area contributed by atoms with Crippen molar-refractivity contribution in [3.63, 3.8) is 0 Å². The fraction of sp³-hybridized carbons (Fsp3) is 0.455. The molecule has 0 saturated heterocycles. The van der Waals surface area contributed by atoms with Gasteiger partial charge in [-0.1, -0.05) is 12.1 Å². The van der Waals surface area contributed by atoms with Crippen molar-refractivity contribution in [1.82, 2.24) is 0 Å². The molecule has 0 bridgehead atoms. The minimum absolute atomic E-state index is 0.364. The van der Waals surface area contributed by atoms with E-state index in [4.69, 9.17) is 0 Å². The van der Waals surface area contributed by atoms with E-state index in [1.54, 1.807) is 0 Å². The normalized spacial score (nSPS) is 14.4. The predicted octanol–water partition coefficient (Wildman–Crippen LogP) is 2.31. The number of halogens is 4. The lowest BCUT2D eigenvalue weighted by Crippen LogP contribution is -2.13. The third-order valence-corrected chi connectivity index (χ3v) is 3.43. The molecule has 1 aromatic carbocycles. The van der Waals surface area contributed by atoms with Gasteiger partial charge in [0.25, 0.3) is 0 Å². The average Bonchev–Trinajstić information content (AvgIpc) is 2.23. The molecule has 0 spiro atoms. The number of hydrogen-bond donors (Lipinski definition) is 1. The van der Waals surface area contributed by atoms with Gasteiger partial charge in [-0.25, -0.2) is 12.8 Å². The Bertz CT molecular complexity index is 552. The number of hydrogen-bond acceptors (Lipinski definition) is 3. The van der Waals surface area contributed by atoms with Gasteiger partial charge in [0.15, 0.2) is 0 Å². The van der Waals surface area contributed by atoms with Crippen molar-refractivity contribution in [2.45, 2.75) is 18.7 Å². The molecule has 0 radical (unpaired) electrons. The van der Waals surface area contributed by atoms with E-state index < -0.39 is 44.8 Å². The van der Waals surface area contributed by atoms with Crippen LogP contribution in [0.2, 0.25) is 0 Å². The van der Waals surface area contributed by atoms with Crippen molar-refractivity contribution in [2.24, 2.45) is 0 Å². The summed E-state index contributed by atoms with van der Waals surface area (Å²) in [5.41, 5.74) is -2.04. The summed E-state index contributed by atoms with van der Waals surface area (Å²) in [6, 6.07) is 2.52. The van der Waals surface area contributed by atoms with Crippen LogP contribution in [0, 0.1) is 5.82 Å². The standard InChI is InChI=1S/C11H12F4O3S/c1-19(17,18)6-5-9(16)7-3-2-4-8(10(7)12)11(13,14)15/h2-4,9,16H,5-6H2,1H3. The molecule has 1 N–H and O–H groups in total. The number of sulfone groups is 1. The molecule has 3 nitrogen and oxygen atoms in total. The summed E-state index contributed by atoms with van der Waals surface area (Å²) in [7, 11) is -3.38. The number of rotatable bonds is 4. The fourth-order valence-corrected chi connectivity index (χ4v) is 2.16. The Hall–Kier alpha value is -1.15. The summed E-state index contributed by atoms with van der Waals surface area (Å²) >= 11 is 0. The fourth-order valence-electron chi connectivity index (χ4n) is 1.51. The average molecular weight is 300 g/mol. The van der Waals surface area contributed by atoms with E-state index in [2.05, 4.69) is 0 Å². The summed E-state index contributed by atoms with van der Waals surface area (Å²) in [6.07, 6.45) is -5.91. The smallest absolute Gasteiger partial charge is 0.388 e. The Morgan fingerprint density at radius 1 is 1.32 bits per heavy atom. The summed E-state index contributed by atoms with van der Waals surface area (Å²) < 4.78 is 72.7. The molecule has 0 aromatic heterocycles. The zero-order valence-corrected chi connectivity index (χ0v) is 10.7. The number of aliphatic hydroxyl groups is 1. The zero-order valence-electron chi connectivity index (χ0n) is 9.91. The van der Waals surface area contributed by atoms with E-state index in [1.165, 1.54) is 0 Å². The largest absolute Gasteiger partial charge is 0.419 e. The van der Waals surface area contributed by atoms with Crippen LogP contribution in [0.5, 0.6) is 0 Å². The predicted molar refractivity (Wildman–Crippen MR) is 60.7 cm³/mol. The second kappa shape index (κ2) is 5.46. The number of aliphatic hydroxyl groups excluding tert-OH is 1. The molecule has 1 unspecified atom stereocenters. The van der Waals surface area contributed by atoms with E-state index in [0.29, 0.717) is 6.07 Å². The number of alkyl halides is 3. The Morgan fingerprint density at radius 2 is 1.89 bits per heavy atom. The van der Waals surface area contributed by atoms with Gasteiger partial charge in [0.2, 0.25) is 0 Å². The molecular formula is C11H12F4O3S. The molecule has 1 aromatic rings. The van der Waals surface area contributed by atoms with Crippen LogP contribution in [0.25, 0.3) is 0 Å². The maximum absolute atomic E-state index is 13.6. The third-order valence-electron chi connectivity index (χ3n) is 2.46. The quantitative estimate of drug-likeness (QED) is 0.868. The van der Waals surface area contributed by atoms with E-state index >= 15 is 0 Å². The lowest BCUT2D eigenvalue weighted by atomic mass is 10.0. The van der Waals surface area contributed by atoms with Gasteiger partial charge in [-0.3, -0.25) is 0 Å². The zero-order chi connectivity index (χ0) is 14.8. The van der Waals surface area contributed by atoms with Gasteiger partial charge in [-0.15, -0.1) is 0 Å². The van der Waals surface area contributed by atoms with Crippen molar-refractivity contribution >= 4 is 9.84 Å². The van der Waals surface area contributed by atoms with Crippen LogP contribution < -0.4 is 0 Å². The van der Waals surface area contributed by atoms with Crippen LogP contribution in [-0.4, -0.2) is 25.5 Å². The topological polar surface area (TPSA) is 54.4 Å². The minimum atomic E-state index is -4.86. The second-order valence-corrected chi connectivity index (χ2v) is 6.40. The highest BCUT2D eigenvalue weighted by molar-refractivity contribution is 7.90. The van der Waals surface area contributed by atoms with Crippen molar-refractivity contribution in [1.29, 1.82) is 0 Å². The molecule has 19 heavy (non-hydrogen) atoms. The molecule has 0 heterocycles. The van der Waals surface area contributed by atoms with Gasteiger partial charge in [0.05, 0.1) is 17.4 Å². The summed E-state index contributed by atoms with van der Waals surface area (Å²) in [6.45, 7) is 0. The molecule has 0 aliphatic rings. The van der Waals surface area contributed by atoms with Gasteiger partial charge in [-0.05, 0) is 12.5 Å². The molecule has 0 saturated carbocycles. The highest BCUT2D eigenvalue weighted by atomic mass is 32.2. The molecule has 8 heteroatoms. The highest BCUT2D eigenvalue weighted by Gasteiger charge is 2.35. The van der Waals surface area contributed by atoms with E-state index in [-0.39, 0.29) is 6.42 Å². The molecule has 0 fully saturated rings. The molecule has 108 valence electrons.